The predicted octanol–water partition coefficient (Wildman–Crippen LogP) is 2.61. The van der Waals surface area contributed by atoms with E-state index >= 15 is 0 Å². The minimum absolute atomic E-state index is 0.157. The van der Waals surface area contributed by atoms with Gasteiger partial charge in [-0.25, -0.2) is 0 Å². The average molecular weight is 276 g/mol. The Morgan fingerprint density at radius 2 is 2.11 bits per heavy atom. The molecule has 5 heteroatoms. The summed E-state index contributed by atoms with van der Waals surface area (Å²) < 4.78 is 6.88. The molecule has 100 valence electrons. The minimum atomic E-state index is -0.157. The molecule has 1 aromatic carbocycles. The maximum atomic E-state index is 11.5. The zero-order valence-electron chi connectivity index (χ0n) is 10.6. The number of hydrogen-bond donors (Lipinski definition) is 0. The summed E-state index contributed by atoms with van der Waals surface area (Å²) >= 11 is 1.66. The highest BCUT2D eigenvalue weighted by Gasteiger charge is 2.03. The van der Waals surface area contributed by atoms with E-state index in [9.17, 15) is 4.79 Å². The largest absolute Gasteiger partial charge is 0.464 e. The van der Waals surface area contributed by atoms with E-state index in [4.69, 9.17) is 4.74 Å². The first-order chi connectivity index (χ1) is 9.34. The fourth-order valence-corrected chi connectivity index (χ4v) is 2.38. The number of ether oxygens (including phenoxy) is 1. The Labute approximate surface area is 116 Å². The molecule has 0 spiro atoms. The van der Waals surface area contributed by atoms with E-state index in [2.05, 4.69) is 5.10 Å². The molecule has 2 aromatic rings. The number of carbonyl (C=O) groups excluding carboxylic acids is 1. The number of aromatic nitrogens is 2. The topological polar surface area (TPSA) is 44.1 Å². The van der Waals surface area contributed by atoms with Crippen molar-refractivity contribution in [3.05, 3.63) is 48.8 Å². The second kappa shape index (κ2) is 7.63. The van der Waals surface area contributed by atoms with Gasteiger partial charge < -0.3 is 4.74 Å². The molecule has 0 radical (unpaired) electrons. The van der Waals surface area contributed by atoms with Crippen molar-refractivity contribution in [2.75, 3.05) is 12.4 Å². The normalized spacial score (nSPS) is 10.3. The summed E-state index contributed by atoms with van der Waals surface area (Å²) in [6, 6.07) is 11.9. The highest BCUT2D eigenvalue weighted by Crippen LogP contribution is 2.17. The van der Waals surface area contributed by atoms with Crippen molar-refractivity contribution in [3.8, 4) is 0 Å². The maximum Gasteiger partial charge on any atom is 0.306 e. The average Bonchev–Trinajstić information content (AvgIpc) is 2.93. The Morgan fingerprint density at radius 3 is 2.84 bits per heavy atom. The van der Waals surface area contributed by atoms with Gasteiger partial charge in [0.15, 0.2) is 0 Å². The second-order valence-electron chi connectivity index (χ2n) is 3.90. The van der Waals surface area contributed by atoms with E-state index in [0.29, 0.717) is 19.6 Å². The van der Waals surface area contributed by atoms with Gasteiger partial charge in [0.2, 0.25) is 0 Å². The molecule has 0 unspecified atom stereocenters. The number of carbonyl (C=O) groups is 1. The van der Waals surface area contributed by atoms with Gasteiger partial charge in [0.25, 0.3) is 0 Å². The molecule has 0 amide bonds. The molecule has 0 N–H and O–H groups in total. The van der Waals surface area contributed by atoms with Crippen LogP contribution in [0.4, 0.5) is 0 Å². The van der Waals surface area contributed by atoms with Crippen LogP contribution in [0.25, 0.3) is 0 Å². The minimum Gasteiger partial charge on any atom is -0.464 e. The van der Waals surface area contributed by atoms with Crippen molar-refractivity contribution >= 4 is 17.7 Å². The molecular formula is C14H16N2O2S. The summed E-state index contributed by atoms with van der Waals surface area (Å²) in [7, 11) is 0. The number of nitrogens with zero attached hydrogens (tertiary/aromatic N) is 2. The van der Waals surface area contributed by atoms with Gasteiger partial charge in [-0.05, 0) is 18.2 Å². The Bertz CT molecular complexity index is 485. The van der Waals surface area contributed by atoms with E-state index in [1.807, 2.05) is 42.6 Å². The first kappa shape index (κ1) is 13.7. The van der Waals surface area contributed by atoms with Crippen molar-refractivity contribution in [2.24, 2.45) is 0 Å². The molecule has 0 aliphatic carbocycles. The molecule has 19 heavy (non-hydrogen) atoms. The lowest BCUT2D eigenvalue weighted by atomic mass is 10.4. The molecule has 0 aliphatic rings. The van der Waals surface area contributed by atoms with Crippen LogP contribution in [0.2, 0.25) is 0 Å². The third-order valence-electron chi connectivity index (χ3n) is 2.46. The summed E-state index contributed by atoms with van der Waals surface area (Å²) in [6.45, 7) is 0.973. The molecule has 0 fully saturated rings. The van der Waals surface area contributed by atoms with Crippen LogP contribution in [0.3, 0.4) is 0 Å². The molecule has 0 saturated carbocycles. The molecule has 0 saturated heterocycles. The van der Waals surface area contributed by atoms with Gasteiger partial charge in [-0.3, -0.25) is 9.48 Å². The first-order valence-corrected chi connectivity index (χ1v) is 7.14. The zero-order valence-corrected chi connectivity index (χ0v) is 11.4. The number of esters is 1. The molecule has 2 rings (SSSR count). The molecule has 0 aliphatic heterocycles. The van der Waals surface area contributed by atoms with Crippen LogP contribution >= 0.6 is 11.8 Å². The molecular weight excluding hydrogens is 260 g/mol. The predicted molar refractivity (Wildman–Crippen MR) is 75.0 cm³/mol. The van der Waals surface area contributed by atoms with Gasteiger partial charge in [0.05, 0.1) is 13.0 Å². The molecule has 0 bridgehead atoms. The van der Waals surface area contributed by atoms with Crippen LogP contribution in [0.15, 0.2) is 53.7 Å². The first-order valence-electron chi connectivity index (χ1n) is 6.15. The summed E-state index contributed by atoms with van der Waals surface area (Å²) in [4.78, 5) is 12.7. The Morgan fingerprint density at radius 1 is 1.26 bits per heavy atom. The fourth-order valence-electron chi connectivity index (χ4n) is 1.53. The smallest absolute Gasteiger partial charge is 0.306 e. The van der Waals surface area contributed by atoms with E-state index in [-0.39, 0.29) is 5.97 Å². The van der Waals surface area contributed by atoms with Crippen LogP contribution in [-0.2, 0) is 16.1 Å². The number of hydrogen-bond acceptors (Lipinski definition) is 4. The SMILES string of the molecule is O=C(CCSc1ccccc1)OCCn1cccn1. The molecule has 1 heterocycles. The number of benzene rings is 1. The van der Waals surface area contributed by atoms with Gasteiger partial charge in [-0.1, -0.05) is 18.2 Å². The standard InChI is InChI=1S/C14H16N2O2S/c17-14(18-11-10-16-9-4-8-15-16)7-12-19-13-5-2-1-3-6-13/h1-6,8-9H,7,10-12H2. The highest BCUT2D eigenvalue weighted by molar-refractivity contribution is 7.99. The van der Waals surface area contributed by atoms with E-state index < -0.39 is 0 Å². The summed E-state index contributed by atoms with van der Waals surface area (Å²) in [5, 5.41) is 4.04. The van der Waals surface area contributed by atoms with Crippen LogP contribution in [0.1, 0.15) is 6.42 Å². The van der Waals surface area contributed by atoms with Gasteiger partial charge >= 0.3 is 5.97 Å². The molecule has 1 aromatic heterocycles. The lowest BCUT2D eigenvalue weighted by molar-refractivity contribution is -0.143. The van der Waals surface area contributed by atoms with E-state index in [0.717, 1.165) is 5.75 Å². The van der Waals surface area contributed by atoms with Gasteiger partial charge in [0, 0.05) is 23.0 Å². The van der Waals surface area contributed by atoms with Gasteiger partial charge in [-0.2, -0.15) is 5.10 Å². The third kappa shape index (κ3) is 5.18. The number of rotatable bonds is 7. The van der Waals surface area contributed by atoms with Gasteiger partial charge in [0.1, 0.15) is 6.61 Å². The zero-order chi connectivity index (χ0) is 13.3. The maximum absolute atomic E-state index is 11.5. The highest BCUT2D eigenvalue weighted by atomic mass is 32.2. The summed E-state index contributed by atoms with van der Waals surface area (Å²) in [6.07, 6.45) is 3.98. The van der Waals surface area contributed by atoms with Gasteiger partial charge in [-0.15, -0.1) is 11.8 Å². The Kier molecular flexibility index (Phi) is 5.49. The second-order valence-corrected chi connectivity index (χ2v) is 5.07. The van der Waals surface area contributed by atoms with Crippen LogP contribution in [0, 0.1) is 0 Å². The fraction of sp³-hybridized carbons (Fsp3) is 0.286. The van der Waals surface area contributed by atoms with Crippen molar-refractivity contribution in [1.82, 2.24) is 9.78 Å². The summed E-state index contributed by atoms with van der Waals surface area (Å²) in [5.74, 6) is 0.584. The van der Waals surface area contributed by atoms with Crippen LogP contribution in [-0.4, -0.2) is 28.1 Å². The Balaban J connectivity index is 1.57. The van der Waals surface area contributed by atoms with Crippen molar-refractivity contribution in [1.29, 1.82) is 0 Å². The molecule has 0 atom stereocenters. The lowest BCUT2D eigenvalue weighted by Gasteiger charge is -2.05. The summed E-state index contributed by atoms with van der Waals surface area (Å²) in [5.41, 5.74) is 0. The lowest BCUT2D eigenvalue weighted by Crippen LogP contribution is -2.12. The quantitative estimate of drug-likeness (QED) is 0.576. The van der Waals surface area contributed by atoms with Crippen LogP contribution in [0.5, 0.6) is 0 Å². The molecule has 4 nitrogen and oxygen atoms in total. The van der Waals surface area contributed by atoms with Crippen LogP contribution < -0.4 is 0 Å². The third-order valence-corrected chi connectivity index (χ3v) is 3.47. The van der Waals surface area contributed by atoms with E-state index in [1.54, 1.807) is 22.6 Å². The van der Waals surface area contributed by atoms with Crippen molar-refractivity contribution in [3.63, 3.8) is 0 Å². The monoisotopic (exact) mass is 276 g/mol. The Hall–Kier alpha value is -1.75. The van der Waals surface area contributed by atoms with Crippen molar-refractivity contribution < 1.29 is 9.53 Å². The van der Waals surface area contributed by atoms with E-state index in [1.165, 1.54) is 4.90 Å². The van der Waals surface area contributed by atoms with Crippen molar-refractivity contribution in [2.45, 2.75) is 17.9 Å². The number of thioether (sulfide) groups is 1.